The quantitative estimate of drug-likeness (QED) is 0.448. The molecule has 3 heterocycles. The van der Waals surface area contributed by atoms with E-state index >= 15 is 0 Å². The molecule has 8 nitrogen and oxygen atoms in total. The molecule has 3 saturated heterocycles. The van der Waals surface area contributed by atoms with E-state index in [0.717, 1.165) is 19.3 Å². The zero-order chi connectivity index (χ0) is 26.8. The average molecular weight is 539 g/mol. The van der Waals surface area contributed by atoms with Crippen molar-refractivity contribution < 1.29 is 41.4 Å². The largest absolute Gasteiger partial charge is 0.477 e. The van der Waals surface area contributed by atoms with Gasteiger partial charge in [0.15, 0.2) is 0 Å². The zero-order valence-corrected chi connectivity index (χ0v) is 20.8. The van der Waals surface area contributed by atoms with Crippen LogP contribution in [-0.2, 0) is 14.3 Å². The number of hydrazine groups is 1. The summed E-state index contributed by atoms with van der Waals surface area (Å²) in [4.78, 5) is 28.2. The number of fused-ring (bicyclic) bond motifs is 1. The molecule has 5 fully saturated rings. The van der Waals surface area contributed by atoms with E-state index in [2.05, 4.69) is 15.8 Å². The van der Waals surface area contributed by atoms with Gasteiger partial charge in [0.05, 0.1) is 32.0 Å². The van der Waals surface area contributed by atoms with Crippen molar-refractivity contribution in [3.05, 3.63) is 0 Å². The van der Waals surface area contributed by atoms with Gasteiger partial charge in [-0.15, -0.1) is 0 Å². The molecule has 3 N–H and O–H groups in total. The number of likely N-dealkylation sites (tertiary alicyclic amines) is 1. The van der Waals surface area contributed by atoms with Gasteiger partial charge in [-0.2, -0.15) is 22.0 Å². The molecule has 5 rings (SSSR count). The molecule has 0 spiro atoms. The number of carbonyl (C=O) groups is 2. The van der Waals surface area contributed by atoms with Gasteiger partial charge in [0, 0.05) is 29.8 Å². The van der Waals surface area contributed by atoms with Crippen molar-refractivity contribution in [1.82, 2.24) is 20.7 Å². The smallest absolute Gasteiger partial charge is 0.392 e. The molecule has 37 heavy (non-hydrogen) atoms. The fourth-order valence-electron chi connectivity index (χ4n) is 7.57. The van der Waals surface area contributed by atoms with Crippen LogP contribution >= 0.6 is 0 Å². The summed E-state index contributed by atoms with van der Waals surface area (Å²) in [6.07, 6.45) is -2.26. The van der Waals surface area contributed by atoms with E-state index in [1.54, 1.807) is 0 Å². The van der Waals surface area contributed by atoms with Crippen LogP contribution in [0.15, 0.2) is 0 Å². The second-order valence-electron chi connectivity index (χ2n) is 11.8. The Bertz CT molecular complexity index is 901. The van der Waals surface area contributed by atoms with Gasteiger partial charge in [0.1, 0.15) is 0 Å². The van der Waals surface area contributed by atoms with E-state index < -0.39 is 60.5 Å². The summed E-state index contributed by atoms with van der Waals surface area (Å²) in [7, 11) is 2.01. The fraction of sp³-hybridized carbons (Fsp3) is 0.917. The van der Waals surface area contributed by atoms with Crippen molar-refractivity contribution in [2.24, 2.45) is 35.0 Å². The Balaban J connectivity index is 1.33. The molecule has 0 aromatic carbocycles. The summed E-state index contributed by atoms with van der Waals surface area (Å²) >= 11 is 0. The summed E-state index contributed by atoms with van der Waals surface area (Å²) in [6.45, 7) is 1.79. The summed E-state index contributed by atoms with van der Waals surface area (Å²) in [6, 6.07) is -0.256. The van der Waals surface area contributed by atoms with Crippen molar-refractivity contribution in [3.8, 4) is 0 Å². The second kappa shape index (κ2) is 9.56. The Hall–Kier alpha value is -1.57. The number of hydrogen-bond acceptors (Lipinski definition) is 6. The zero-order valence-electron chi connectivity index (χ0n) is 20.8. The number of hydrogen-bond donors (Lipinski definition) is 3. The lowest BCUT2D eigenvalue weighted by Crippen LogP contribution is -2.56. The molecule has 0 aromatic heterocycles. The lowest BCUT2D eigenvalue weighted by Gasteiger charge is -2.52. The number of amides is 1. The first kappa shape index (κ1) is 27.0. The van der Waals surface area contributed by atoms with Gasteiger partial charge in [0.25, 0.3) is 0 Å². The highest BCUT2D eigenvalue weighted by Crippen LogP contribution is 2.55. The van der Waals surface area contributed by atoms with Crippen LogP contribution < -0.4 is 10.9 Å². The number of nitrogens with zero attached hydrogens (tertiary/aromatic N) is 2. The van der Waals surface area contributed by atoms with Crippen LogP contribution in [0.4, 0.5) is 22.0 Å². The maximum absolute atomic E-state index is 14.3. The Morgan fingerprint density at radius 2 is 1.89 bits per heavy atom. The number of aliphatic carboxylic acids is 1. The van der Waals surface area contributed by atoms with Crippen LogP contribution in [-0.4, -0.2) is 84.6 Å². The monoisotopic (exact) mass is 538 g/mol. The number of carboxylic acid groups (broad SMARTS) is 1. The van der Waals surface area contributed by atoms with Crippen LogP contribution in [0.5, 0.6) is 0 Å². The van der Waals surface area contributed by atoms with E-state index in [0.29, 0.717) is 32.7 Å². The molecule has 2 saturated carbocycles. The molecule has 0 radical (unpaired) electrons. The molecule has 0 bridgehead atoms. The number of halogens is 5. The van der Waals surface area contributed by atoms with E-state index in [1.807, 2.05) is 7.05 Å². The van der Waals surface area contributed by atoms with E-state index in [4.69, 9.17) is 9.84 Å². The molecule has 2 aliphatic carbocycles. The SMILES string of the molecule is CN1CNNC1CC1(C2CCCC(N3CC4C(CC(C(F)(F)C(=O)O)CC4C(F)(F)F)C3=O)C2)COC1. The van der Waals surface area contributed by atoms with E-state index in [1.165, 1.54) is 4.90 Å². The van der Waals surface area contributed by atoms with Crippen molar-refractivity contribution >= 4 is 11.9 Å². The van der Waals surface area contributed by atoms with Crippen molar-refractivity contribution in [3.63, 3.8) is 0 Å². The Kier molecular flexibility index (Phi) is 6.98. The molecule has 13 heteroatoms. The van der Waals surface area contributed by atoms with E-state index in [9.17, 15) is 31.5 Å². The standard InChI is InChI=1S/C24H35F5N4O4/c1-32-12-30-31-19(32)8-22(10-37-11-22)13-3-2-4-15(5-13)33-9-17-16(20(33)34)6-14(23(25,26)21(35)36)7-18(17)24(27,28)29/h13-19,30-31H,2-12H2,1H3,(H,35,36). The highest BCUT2D eigenvalue weighted by atomic mass is 19.4. The first-order valence-electron chi connectivity index (χ1n) is 13.1. The third-order valence-corrected chi connectivity index (χ3v) is 9.80. The van der Waals surface area contributed by atoms with Gasteiger partial charge in [0.2, 0.25) is 5.91 Å². The normalized spacial score (nSPS) is 38.9. The lowest BCUT2D eigenvalue weighted by molar-refractivity contribution is -0.219. The Labute approximate surface area is 212 Å². The molecule has 210 valence electrons. The molecule has 7 unspecified atom stereocenters. The maximum Gasteiger partial charge on any atom is 0.392 e. The minimum Gasteiger partial charge on any atom is -0.477 e. The maximum atomic E-state index is 14.3. The van der Waals surface area contributed by atoms with Crippen LogP contribution in [0, 0.1) is 35.0 Å². The van der Waals surface area contributed by atoms with Crippen LogP contribution in [0.2, 0.25) is 0 Å². The van der Waals surface area contributed by atoms with Crippen LogP contribution in [0.3, 0.4) is 0 Å². The Morgan fingerprint density at radius 3 is 2.46 bits per heavy atom. The number of rotatable bonds is 6. The average Bonchev–Trinajstić information content (AvgIpc) is 3.37. The van der Waals surface area contributed by atoms with Crippen LogP contribution in [0.25, 0.3) is 0 Å². The van der Waals surface area contributed by atoms with Gasteiger partial charge in [-0.1, -0.05) is 6.42 Å². The highest BCUT2D eigenvalue weighted by molar-refractivity contribution is 5.82. The third-order valence-electron chi connectivity index (χ3n) is 9.80. The van der Waals surface area contributed by atoms with Crippen LogP contribution in [0.1, 0.15) is 44.9 Å². The Morgan fingerprint density at radius 1 is 1.16 bits per heavy atom. The molecule has 1 amide bonds. The van der Waals surface area contributed by atoms with Crippen molar-refractivity contribution in [2.75, 3.05) is 33.5 Å². The first-order valence-corrected chi connectivity index (χ1v) is 13.1. The minimum absolute atomic E-state index is 0.0880. The minimum atomic E-state index is -4.79. The highest BCUT2D eigenvalue weighted by Gasteiger charge is 2.63. The molecule has 7 atom stereocenters. The molecular weight excluding hydrogens is 503 g/mol. The number of carboxylic acids is 1. The lowest BCUT2D eigenvalue weighted by atomic mass is 9.64. The number of alkyl halides is 5. The van der Waals surface area contributed by atoms with Crippen molar-refractivity contribution in [2.45, 2.75) is 69.3 Å². The molecule has 5 aliphatic rings. The number of carbonyl (C=O) groups excluding carboxylic acids is 1. The summed E-state index contributed by atoms with van der Waals surface area (Å²) in [5.74, 6) is -13.6. The third kappa shape index (κ3) is 4.74. The fourth-order valence-corrected chi connectivity index (χ4v) is 7.57. The van der Waals surface area contributed by atoms with Gasteiger partial charge in [-0.25, -0.2) is 15.6 Å². The topological polar surface area (TPSA) is 94.1 Å². The van der Waals surface area contributed by atoms with E-state index in [-0.39, 0.29) is 30.1 Å². The number of nitrogens with one attached hydrogen (secondary N) is 2. The van der Waals surface area contributed by atoms with Gasteiger partial charge >= 0.3 is 18.1 Å². The molecule has 3 aliphatic heterocycles. The molecule has 0 aromatic rings. The summed E-state index contributed by atoms with van der Waals surface area (Å²) in [5.41, 5.74) is 6.30. The second-order valence-corrected chi connectivity index (χ2v) is 11.8. The number of ether oxygens (including phenoxy) is 1. The van der Waals surface area contributed by atoms with Gasteiger partial charge < -0.3 is 14.7 Å². The predicted octanol–water partition coefficient (Wildman–Crippen LogP) is 2.66. The summed E-state index contributed by atoms with van der Waals surface area (Å²) < 4.78 is 76.2. The predicted molar refractivity (Wildman–Crippen MR) is 120 cm³/mol. The van der Waals surface area contributed by atoms with Gasteiger partial charge in [-0.05, 0) is 57.4 Å². The van der Waals surface area contributed by atoms with Crippen molar-refractivity contribution in [1.29, 1.82) is 0 Å². The molecular formula is C24H35F5N4O4. The summed E-state index contributed by atoms with van der Waals surface area (Å²) in [5, 5.41) is 8.95. The first-order chi connectivity index (χ1) is 17.3. The van der Waals surface area contributed by atoms with Gasteiger partial charge in [-0.3, -0.25) is 9.69 Å².